The number of rotatable bonds is 2. The van der Waals surface area contributed by atoms with E-state index in [-0.39, 0.29) is 0 Å². The Labute approximate surface area is 102 Å². The number of anilines is 1. The molecule has 0 aliphatic heterocycles. The Morgan fingerprint density at radius 2 is 2.13 bits per heavy atom. The number of nitrogens with zero attached hydrogens (tertiary/aromatic N) is 1. The molecule has 2 N–H and O–H groups in total. The summed E-state index contributed by atoms with van der Waals surface area (Å²) < 4.78 is 3.11. The quantitative estimate of drug-likeness (QED) is 0.841. The SMILES string of the molecule is Nc1ccc(Cl)cc1Cn1ccc(Br)c1. The van der Waals surface area contributed by atoms with Gasteiger partial charge in [-0.2, -0.15) is 0 Å². The van der Waals surface area contributed by atoms with Gasteiger partial charge in [0.15, 0.2) is 0 Å². The van der Waals surface area contributed by atoms with Gasteiger partial charge in [0, 0.05) is 34.1 Å². The van der Waals surface area contributed by atoms with Crippen LogP contribution in [0.15, 0.2) is 41.1 Å². The number of nitrogen functional groups attached to an aromatic ring is 1. The first-order chi connectivity index (χ1) is 7.15. The number of aromatic nitrogens is 1. The molecule has 2 rings (SSSR count). The van der Waals surface area contributed by atoms with E-state index in [0.29, 0.717) is 5.02 Å². The van der Waals surface area contributed by atoms with Crippen LogP contribution in [-0.2, 0) is 6.54 Å². The Bertz CT molecular complexity index is 479. The van der Waals surface area contributed by atoms with Gasteiger partial charge in [-0.1, -0.05) is 11.6 Å². The van der Waals surface area contributed by atoms with Gasteiger partial charge in [0.05, 0.1) is 0 Å². The lowest BCUT2D eigenvalue weighted by atomic mass is 10.2. The maximum atomic E-state index is 5.91. The van der Waals surface area contributed by atoms with E-state index in [1.807, 2.05) is 35.2 Å². The van der Waals surface area contributed by atoms with Gasteiger partial charge in [-0.15, -0.1) is 0 Å². The molecule has 0 aliphatic carbocycles. The zero-order chi connectivity index (χ0) is 10.8. The summed E-state index contributed by atoms with van der Waals surface area (Å²) in [5.41, 5.74) is 7.66. The molecule has 0 atom stereocenters. The van der Waals surface area contributed by atoms with Gasteiger partial charge >= 0.3 is 0 Å². The van der Waals surface area contributed by atoms with Crippen molar-refractivity contribution in [2.24, 2.45) is 0 Å². The Hall–Kier alpha value is -0.930. The van der Waals surface area contributed by atoms with Gasteiger partial charge < -0.3 is 10.3 Å². The Kier molecular flexibility index (Phi) is 3.03. The van der Waals surface area contributed by atoms with Crippen LogP contribution >= 0.6 is 27.5 Å². The number of nitrogens with two attached hydrogens (primary N) is 1. The van der Waals surface area contributed by atoms with E-state index >= 15 is 0 Å². The fourth-order valence-corrected chi connectivity index (χ4v) is 1.99. The zero-order valence-corrected chi connectivity index (χ0v) is 10.3. The minimum atomic E-state index is 0.713. The minimum Gasteiger partial charge on any atom is -0.398 e. The van der Waals surface area contributed by atoms with Crippen LogP contribution in [0.1, 0.15) is 5.56 Å². The molecular formula is C11H10BrClN2. The van der Waals surface area contributed by atoms with Crippen LogP contribution in [0.5, 0.6) is 0 Å². The van der Waals surface area contributed by atoms with Gasteiger partial charge in [-0.3, -0.25) is 0 Å². The molecule has 4 heteroatoms. The van der Waals surface area contributed by atoms with Gasteiger partial charge in [-0.05, 0) is 45.8 Å². The van der Waals surface area contributed by atoms with Crippen LogP contribution in [0.25, 0.3) is 0 Å². The predicted molar refractivity (Wildman–Crippen MR) is 67.1 cm³/mol. The average Bonchev–Trinajstić information content (AvgIpc) is 2.58. The van der Waals surface area contributed by atoms with Crippen molar-refractivity contribution in [2.45, 2.75) is 6.54 Å². The minimum absolute atomic E-state index is 0.713. The maximum Gasteiger partial charge on any atom is 0.0491 e. The fraction of sp³-hybridized carbons (Fsp3) is 0.0909. The molecule has 0 amide bonds. The third kappa shape index (κ3) is 2.55. The summed E-state index contributed by atoms with van der Waals surface area (Å²) in [5, 5.41) is 0.713. The second-order valence-electron chi connectivity index (χ2n) is 3.35. The molecule has 0 radical (unpaired) electrons. The monoisotopic (exact) mass is 284 g/mol. The van der Waals surface area contributed by atoms with Crippen LogP contribution in [0.2, 0.25) is 5.02 Å². The van der Waals surface area contributed by atoms with E-state index in [4.69, 9.17) is 17.3 Å². The normalized spacial score (nSPS) is 10.5. The molecule has 0 saturated carbocycles. The van der Waals surface area contributed by atoms with Crippen molar-refractivity contribution in [2.75, 3.05) is 5.73 Å². The maximum absolute atomic E-state index is 5.91. The third-order valence-electron chi connectivity index (χ3n) is 2.17. The van der Waals surface area contributed by atoms with E-state index in [1.54, 1.807) is 6.07 Å². The molecule has 2 aromatic rings. The summed E-state index contributed by atoms with van der Waals surface area (Å²) >= 11 is 9.31. The molecule has 0 spiro atoms. The van der Waals surface area contributed by atoms with E-state index in [2.05, 4.69) is 15.9 Å². The average molecular weight is 286 g/mol. The van der Waals surface area contributed by atoms with Crippen LogP contribution < -0.4 is 5.73 Å². The largest absolute Gasteiger partial charge is 0.398 e. The topological polar surface area (TPSA) is 30.9 Å². The first-order valence-corrected chi connectivity index (χ1v) is 5.67. The fourth-order valence-electron chi connectivity index (χ4n) is 1.42. The van der Waals surface area contributed by atoms with Crippen molar-refractivity contribution in [1.29, 1.82) is 0 Å². The van der Waals surface area contributed by atoms with Crippen molar-refractivity contribution in [1.82, 2.24) is 4.57 Å². The Morgan fingerprint density at radius 3 is 2.80 bits per heavy atom. The van der Waals surface area contributed by atoms with Crippen LogP contribution in [0, 0.1) is 0 Å². The summed E-state index contributed by atoms with van der Waals surface area (Å²) in [4.78, 5) is 0. The highest BCUT2D eigenvalue weighted by Crippen LogP contribution is 2.20. The molecule has 0 saturated heterocycles. The Balaban J connectivity index is 2.27. The number of halogens is 2. The smallest absolute Gasteiger partial charge is 0.0491 e. The lowest BCUT2D eigenvalue weighted by Crippen LogP contribution is -2.00. The molecule has 15 heavy (non-hydrogen) atoms. The van der Waals surface area contributed by atoms with Gasteiger partial charge in [0.25, 0.3) is 0 Å². The second-order valence-corrected chi connectivity index (χ2v) is 4.70. The molecule has 1 aromatic heterocycles. The van der Waals surface area contributed by atoms with Gasteiger partial charge in [-0.25, -0.2) is 0 Å². The molecule has 2 nitrogen and oxygen atoms in total. The number of hydrogen-bond donors (Lipinski definition) is 1. The molecule has 0 bridgehead atoms. The van der Waals surface area contributed by atoms with Crippen molar-refractivity contribution in [3.8, 4) is 0 Å². The van der Waals surface area contributed by atoms with Crippen molar-refractivity contribution in [3.63, 3.8) is 0 Å². The van der Waals surface area contributed by atoms with Crippen molar-refractivity contribution >= 4 is 33.2 Å². The first-order valence-electron chi connectivity index (χ1n) is 4.50. The molecule has 0 unspecified atom stereocenters. The molecule has 78 valence electrons. The lowest BCUT2D eigenvalue weighted by Gasteiger charge is -2.07. The summed E-state index contributed by atoms with van der Waals surface area (Å²) in [6, 6.07) is 7.51. The van der Waals surface area contributed by atoms with Crippen molar-refractivity contribution < 1.29 is 0 Å². The molecule has 1 heterocycles. The highest BCUT2D eigenvalue weighted by Gasteiger charge is 2.01. The standard InChI is InChI=1S/C11H10BrClN2/c12-9-3-4-15(7-9)6-8-5-10(13)1-2-11(8)14/h1-5,7H,6,14H2. The van der Waals surface area contributed by atoms with Crippen LogP contribution in [-0.4, -0.2) is 4.57 Å². The highest BCUT2D eigenvalue weighted by atomic mass is 79.9. The highest BCUT2D eigenvalue weighted by molar-refractivity contribution is 9.10. The summed E-state index contributed by atoms with van der Waals surface area (Å²) in [5.74, 6) is 0. The summed E-state index contributed by atoms with van der Waals surface area (Å²) in [7, 11) is 0. The lowest BCUT2D eigenvalue weighted by molar-refractivity contribution is 0.807. The van der Waals surface area contributed by atoms with Gasteiger partial charge in [0.1, 0.15) is 0 Å². The Morgan fingerprint density at radius 1 is 1.33 bits per heavy atom. The molecular weight excluding hydrogens is 275 g/mol. The van der Waals surface area contributed by atoms with E-state index in [0.717, 1.165) is 22.3 Å². The van der Waals surface area contributed by atoms with Crippen LogP contribution in [0.3, 0.4) is 0 Å². The number of hydrogen-bond acceptors (Lipinski definition) is 1. The summed E-state index contributed by atoms with van der Waals surface area (Å²) in [6.07, 6.45) is 3.99. The summed E-state index contributed by atoms with van der Waals surface area (Å²) in [6.45, 7) is 0.734. The van der Waals surface area contributed by atoms with Crippen LogP contribution in [0.4, 0.5) is 5.69 Å². The van der Waals surface area contributed by atoms with E-state index in [9.17, 15) is 0 Å². The number of benzene rings is 1. The van der Waals surface area contributed by atoms with E-state index < -0.39 is 0 Å². The first kappa shape index (κ1) is 10.6. The van der Waals surface area contributed by atoms with Crippen molar-refractivity contribution in [3.05, 3.63) is 51.7 Å². The van der Waals surface area contributed by atoms with Gasteiger partial charge in [0.2, 0.25) is 0 Å². The second kappa shape index (κ2) is 4.29. The zero-order valence-electron chi connectivity index (χ0n) is 7.95. The third-order valence-corrected chi connectivity index (χ3v) is 2.88. The molecule has 1 aromatic carbocycles. The predicted octanol–water partition coefficient (Wildman–Crippen LogP) is 3.53. The molecule has 0 fully saturated rings. The van der Waals surface area contributed by atoms with E-state index in [1.165, 1.54) is 0 Å². The molecule has 0 aliphatic rings.